The average molecular weight is 440 g/mol. The Morgan fingerprint density at radius 3 is 1.97 bits per heavy atom. The van der Waals surface area contributed by atoms with Gasteiger partial charge < -0.3 is 9.64 Å². The lowest BCUT2D eigenvalue weighted by molar-refractivity contribution is 0.0718. The monoisotopic (exact) mass is 439 g/mol. The summed E-state index contributed by atoms with van der Waals surface area (Å²) in [5.74, 6) is -0.164. The molecule has 0 aliphatic rings. The highest BCUT2D eigenvalue weighted by Gasteiger charge is 2.24. The SMILES string of the molecule is COc1cc(=O)n(-c2ccccc2C)nc1C(=O)N(Cc1ccccc1)Cc1ccccc1. The fourth-order valence-electron chi connectivity index (χ4n) is 3.67. The lowest BCUT2D eigenvalue weighted by Crippen LogP contribution is -2.33. The number of nitrogens with zero attached hydrogens (tertiary/aromatic N) is 3. The van der Waals surface area contributed by atoms with Crippen molar-refractivity contribution in [1.29, 1.82) is 0 Å². The molecule has 0 unspecified atom stereocenters. The zero-order valence-electron chi connectivity index (χ0n) is 18.6. The Balaban J connectivity index is 1.78. The van der Waals surface area contributed by atoms with E-state index in [1.54, 1.807) is 11.0 Å². The van der Waals surface area contributed by atoms with Crippen LogP contribution in [0.15, 0.2) is 95.8 Å². The van der Waals surface area contributed by atoms with E-state index in [1.807, 2.05) is 85.8 Å². The normalized spacial score (nSPS) is 10.6. The summed E-state index contributed by atoms with van der Waals surface area (Å²) < 4.78 is 6.65. The van der Waals surface area contributed by atoms with Gasteiger partial charge in [-0.1, -0.05) is 78.9 Å². The van der Waals surface area contributed by atoms with E-state index in [2.05, 4.69) is 5.10 Å². The highest BCUT2D eigenvalue weighted by molar-refractivity contribution is 5.94. The first kappa shape index (κ1) is 22.0. The second kappa shape index (κ2) is 9.96. The van der Waals surface area contributed by atoms with Gasteiger partial charge in [-0.25, -0.2) is 0 Å². The number of aromatic nitrogens is 2. The van der Waals surface area contributed by atoms with Crippen LogP contribution in [0.5, 0.6) is 5.75 Å². The standard InChI is InChI=1S/C27H25N3O3/c1-20-11-9-10-16-23(20)30-25(31)17-24(33-2)26(28-30)27(32)29(18-21-12-5-3-6-13-21)19-22-14-7-4-8-15-22/h3-17H,18-19H2,1-2H3. The molecule has 0 aliphatic carbocycles. The fourth-order valence-corrected chi connectivity index (χ4v) is 3.67. The smallest absolute Gasteiger partial charge is 0.278 e. The number of methoxy groups -OCH3 is 1. The molecular weight excluding hydrogens is 414 g/mol. The summed E-state index contributed by atoms with van der Waals surface area (Å²) in [5, 5.41) is 4.47. The molecule has 0 spiro atoms. The van der Waals surface area contributed by atoms with Crippen molar-refractivity contribution >= 4 is 5.91 Å². The maximum absolute atomic E-state index is 13.8. The van der Waals surface area contributed by atoms with E-state index in [9.17, 15) is 9.59 Å². The molecule has 0 saturated carbocycles. The summed E-state index contributed by atoms with van der Waals surface area (Å²) in [7, 11) is 1.43. The predicted molar refractivity (Wildman–Crippen MR) is 128 cm³/mol. The molecule has 6 nitrogen and oxygen atoms in total. The lowest BCUT2D eigenvalue weighted by atomic mass is 10.1. The third-order valence-electron chi connectivity index (χ3n) is 5.38. The topological polar surface area (TPSA) is 64.4 Å². The van der Waals surface area contributed by atoms with E-state index in [-0.39, 0.29) is 22.9 Å². The van der Waals surface area contributed by atoms with Crippen molar-refractivity contribution in [2.75, 3.05) is 7.11 Å². The van der Waals surface area contributed by atoms with Gasteiger partial charge in [0.05, 0.1) is 18.9 Å². The van der Waals surface area contributed by atoms with Gasteiger partial charge in [0.15, 0.2) is 11.4 Å². The van der Waals surface area contributed by atoms with Crippen LogP contribution in [0, 0.1) is 6.92 Å². The van der Waals surface area contributed by atoms with Crippen LogP contribution in [0.2, 0.25) is 0 Å². The summed E-state index contributed by atoms with van der Waals surface area (Å²) in [6, 6.07) is 28.3. The van der Waals surface area contributed by atoms with Crippen LogP contribution in [0.25, 0.3) is 5.69 Å². The molecule has 4 rings (SSSR count). The third kappa shape index (κ3) is 5.01. The first-order chi connectivity index (χ1) is 16.1. The van der Waals surface area contributed by atoms with Gasteiger partial charge in [0.2, 0.25) is 0 Å². The first-order valence-corrected chi connectivity index (χ1v) is 10.7. The van der Waals surface area contributed by atoms with Gasteiger partial charge in [-0.3, -0.25) is 9.59 Å². The Bertz CT molecular complexity index is 1260. The first-order valence-electron chi connectivity index (χ1n) is 10.7. The molecule has 0 aliphatic heterocycles. The van der Waals surface area contributed by atoms with Crippen molar-refractivity contribution in [3.05, 3.63) is 124 Å². The van der Waals surface area contributed by atoms with Crippen LogP contribution in [0.1, 0.15) is 27.2 Å². The van der Waals surface area contributed by atoms with Gasteiger partial charge >= 0.3 is 0 Å². The van der Waals surface area contributed by atoms with Gasteiger partial charge in [-0.05, 0) is 29.7 Å². The minimum atomic E-state index is -0.365. The molecule has 0 fully saturated rings. The predicted octanol–water partition coefficient (Wildman–Crippen LogP) is 4.39. The number of benzene rings is 3. The fraction of sp³-hybridized carbons (Fsp3) is 0.148. The maximum Gasteiger partial charge on any atom is 0.278 e. The third-order valence-corrected chi connectivity index (χ3v) is 5.38. The van der Waals surface area contributed by atoms with Crippen LogP contribution in [0.3, 0.4) is 0 Å². The van der Waals surface area contributed by atoms with Crippen LogP contribution < -0.4 is 10.3 Å². The van der Waals surface area contributed by atoms with E-state index in [0.717, 1.165) is 16.7 Å². The van der Waals surface area contributed by atoms with Gasteiger partial charge in [0, 0.05) is 13.1 Å². The second-order valence-electron chi connectivity index (χ2n) is 7.73. The number of carbonyl (C=O) groups excluding carboxylic acids is 1. The summed E-state index contributed by atoms with van der Waals surface area (Å²) in [6.07, 6.45) is 0. The number of aryl methyl sites for hydroxylation is 1. The number of ether oxygens (including phenoxy) is 1. The Labute approximate surface area is 192 Å². The van der Waals surface area contributed by atoms with Gasteiger partial charge in [0.1, 0.15) is 0 Å². The molecule has 1 amide bonds. The molecule has 1 aromatic heterocycles. The van der Waals surface area contributed by atoms with E-state index >= 15 is 0 Å². The number of hydrogen-bond acceptors (Lipinski definition) is 4. The van der Waals surface area contributed by atoms with Crippen molar-refractivity contribution in [3.63, 3.8) is 0 Å². The minimum absolute atomic E-state index is 0.0900. The quantitative estimate of drug-likeness (QED) is 0.428. The van der Waals surface area contributed by atoms with Crippen molar-refractivity contribution in [3.8, 4) is 11.4 Å². The van der Waals surface area contributed by atoms with Crippen LogP contribution in [-0.4, -0.2) is 27.7 Å². The Hall–Kier alpha value is -4.19. The van der Waals surface area contributed by atoms with Crippen LogP contribution in [0.4, 0.5) is 0 Å². The molecule has 4 aromatic rings. The van der Waals surface area contributed by atoms with Crippen molar-refractivity contribution in [2.45, 2.75) is 20.0 Å². The molecule has 166 valence electrons. The second-order valence-corrected chi connectivity index (χ2v) is 7.73. The largest absolute Gasteiger partial charge is 0.494 e. The molecule has 1 heterocycles. The molecule has 6 heteroatoms. The van der Waals surface area contributed by atoms with E-state index in [4.69, 9.17) is 4.74 Å². The number of amides is 1. The summed E-state index contributed by atoms with van der Waals surface area (Å²) >= 11 is 0. The molecule has 3 aromatic carbocycles. The van der Waals surface area contributed by atoms with E-state index < -0.39 is 0 Å². The average Bonchev–Trinajstić information content (AvgIpc) is 2.85. The highest BCUT2D eigenvalue weighted by atomic mass is 16.5. The van der Waals surface area contributed by atoms with Gasteiger partial charge in [-0.2, -0.15) is 9.78 Å². The number of hydrogen-bond donors (Lipinski definition) is 0. The number of carbonyl (C=O) groups is 1. The zero-order chi connectivity index (χ0) is 23.2. The molecular formula is C27H25N3O3. The van der Waals surface area contributed by atoms with E-state index in [0.29, 0.717) is 18.8 Å². The van der Waals surface area contributed by atoms with Gasteiger partial charge in [-0.15, -0.1) is 0 Å². The Kier molecular flexibility index (Phi) is 6.64. The summed E-state index contributed by atoms with van der Waals surface area (Å²) in [6.45, 7) is 2.68. The van der Waals surface area contributed by atoms with Crippen molar-refractivity contribution in [2.24, 2.45) is 0 Å². The number of para-hydroxylation sites is 1. The summed E-state index contributed by atoms with van der Waals surface area (Å²) in [4.78, 5) is 28.3. The lowest BCUT2D eigenvalue weighted by Gasteiger charge is -2.24. The molecule has 33 heavy (non-hydrogen) atoms. The number of rotatable bonds is 7. The Morgan fingerprint density at radius 1 is 0.879 bits per heavy atom. The maximum atomic E-state index is 13.8. The van der Waals surface area contributed by atoms with E-state index in [1.165, 1.54) is 17.9 Å². The molecule has 0 radical (unpaired) electrons. The molecule has 0 saturated heterocycles. The van der Waals surface area contributed by atoms with Crippen LogP contribution >= 0.6 is 0 Å². The molecule has 0 N–H and O–H groups in total. The zero-order valence-corrected chi connectivity index (χ0v) is 18.6. The summed E-state index contributed by atoms with van der Waals surface area (Å²) in [5.41, 5.74) is 3.21. The van der Waals surface area contributed by atoms with Crippen molar-refractivity contribution in [1.82, 2.24) is 14.7 Å². The van der Waals surface area contributed by atoms with Crippen LogP contribution in [-0.2, 0) is 13.1 Å². The molecule has 0 bridgehead atoms. The highest BCUT2D eigenvalue weighted by Crippen LogP contribution is 2.20. The Morgan fingerprint density at radius 2 is 1.42 bits per heavy atom. The van der Waals surface area contributed by atoms with Gasteiger partial charge in [0.25, 0.3) is 11.5 Å². The minimum Gasteiger partial charge on any atom is -0.494 e. The van der Waals surface area contributed by atoms with Crippen molar-refractivity contribution < 1.29 is 9.53 Å². The molecule has 0 atom stereocenters.